The number of benzene rings is 1. The minimum absolute atomic E-state index is 0.181. The Morgan fingerprint density at radius 2 is 2.00 bits per heavy atom. The van der Waals surface area contributed by atoms with Crippen molar-refractivity contribution in [2.45, 2.75) is 12.8 Å². The Morgan fingerprint density at radius 3 is 2.73 bits per heavy atom. The zero-order valence-corrected chi connectivity index (χ0v) is 9.22. The summed E-state index contributed by atoms with van der Waals surface area (Å²) in [6.07, 6.45) is 0.942. The van der Waals surface area contributed by atoms with Crippen molar-refractivity contribution >= 4 is 26.9 Å². The maximum atomic E-state index is 11.8. The number of aryl methyl sites for hydroxylation is 1. The lowest BCUT2D eigenvalue weighted by Gasteiger charge is -2.12. The molecule has 0 spiro atoms. The van der Waals surface area contributed by atoms with Crippen LogP contribution in [0.4, 0.5) is 5.69 Å². The van der Waals surface area contributed by atoms with Crippen LogP contribution in [0, 0.1) is 0 Å². The van der Waals surface area contributed by atoms with E-state index in [9.17, 15) is 9.59 Å². The molecule has 78 valence electrons. The van der Waals surface area contributed by atoms with Crippen molar-refractivity contribution in [1.82, 2.24) is 4.67 Å². The Labute approximate surface area is 89.7 Å². The minimum atomic E-state index is -0.301. The second-order valence-electron chi connectivity index (χ2n) is 3.49. The lowest BCUT2D eigenvalue weighted by atomic mass is 10.0. The van der Waals surface area contributed by atoms with E-state index in [1.54, 1.807) is 18.2 Å². The topological polar surface area (TPSA) is 63.4 Å². The maximum Gasteiger partial charge on any atom is 0.263 e. The van der Waals surface area contributed by atoms with E-state index in [1.807, 2.05) is 0 Å². The molecule has 0 radical (unpaired) electrons. The summed E-state index contributed by atoms with van der Waals surface area (Å²) in [6, 6.07) is 5.17. The molecule has 0 bridgehead atoms. The molecule has 1 unspecified atom stereocenters. The van der Waals surface area contributed by atoms with Crippen LogP contribution in [0.15, 0.2) is 18.2 Å². The monoisotopic (exact) mass is 222 g/mol. The molecule has 2 N–H and O–H groups in total. The number of carbonyl (C=O) groups is 2. The van der Waals surface area contributed by atoms with Crippen molar-refractivity contribution in [1.29, 1.82) is 0 Å². The van der Waals surface area contributed by atoms with E-state index in [4.69, 9.17) is 5.73 Å². The van der Waals surface area contributed by atoms with Crippen molar-refractivity contribution in [3.63, 3.8) is 0 Å². The van der Waals surface area contributed by atoms with Crippen molar-refractivity contribution in [2.75, 3.05) is 5.73 Å². The fraction of sp³-hybridized carbons (Fsp3) is 0.200. The van der Waals surface area contributed by atoms with Crippen LogP contribution in [-0.2, 0) is 11.2 Å². The number of imide groups is 1. The van der Waals surface area contributed by atoms with Crippen molar-refractivity contribution in [3.05, 3.63) is 29.3 Å². The van der Waals surface area contributed by atoms with Gasteiger partial charge in [0.2, 0.25) is 5.91 Å². The number of nitrogens with zero attached hydrogens (tertiary/aromatic N) is 1. The summed E-state index contributed by atoms with van der Waals surface area (Å²) in [7, 11) is 2.15. The molecule has 0 fully saturated rings. The van der Waals surface area contributed by atoms with E-state index >= 15 is 0 Å². The van der Waals surface area contributed by atoms with Gasteiger partial charge >= 0.3 is 0 Å². The van der Waals surface area contributed by atoms with E-state index in [2.05, 4.69) is 9.39 Å². The predicted molar refractivity (Wildman–Crippen MR) is 60.1 cm³/mol. The highest BCUT2D eigenvalue weighted by molar-refractivity contribution is 7.16. The number of fused-ring (bicyclic) bond motifs is 1. The number of rotatable bonds is 0. The second kappa shape index (κ2) is 3.63. The summed E-state index contributed by atoms with van der Waals surface area (Å²) in [6.45, 7) is 0. The first-order chi connectivity index (χ1) is 7.09. The molecule has 0 saturated carbocycles. The summed E-state index contributed by atoms with van der Waals surface area (Å²) in [5.41, 5.74) is 7.56. The molecule has 1 aliphatic heterocycles. The molecular formula is C10H11N2O2P. The average molecular weight is 222 g/mol. The third-order valence-electron chi connectivity index (χ3n) is 2.46. The molecule has 1 aromatic carbocycles. The summed E-state index contributed by atoms with van der Waals surface area (Å²) < 4.78 is 1.07. The number of hydrogen-bond donors (Lipinski definition) is 1. The molecule has 2 rings (SSSR count). The molecule has 1 heterocycles. The number of nitrogens with two attached hydrogens (primary N) is 1. The smallest absolute Gasteiger partial charge is 0.263 e. The highest BCUT2D eigenvalue weighted by atomic mass is 31.0. The standard InChI is InChI=1S/C10H11N2O2P/c11-7-3-1-6-2-4-9(13)12(15)10(14)8(6)5-7/h1,3,5H,2,4,11,15H2. The van der Waals surface area contributed by atoms with Crippen LogP contribution >= 0.6 is 9.39 Å². The van der Waals surface area contributed by atoms with Crippen molar-refractivity contribution in [2.24, 2.45) is 0 Å². The first kappa shape index (κ1) is 10.1. The van der Waals surface area contributed by atoms with Gasteiger partial charge in [-0.25, -0.2) is 0 Å². The molecule has 0 aliphatic carbocycles. The number of carbonyl (C=O) groups excluding carboxylic acids is 2. The lowest BCUT2D eigenvalue weighted by Crippen LogP contribution is -2.25. The van der Waals surface area contributed by atoms with E-state index in [0.717, 1.165) is 10.2 Å². The van der Waals surface area contributed by atoms with E-state index < -0.39 is 0 Å². The third-order valence-corrected chi connectivity index (χ3v) is 2.98. The zero-order chi connectivity index (χ0) is 11.0. The largest absolute Gasteiger partial charge is 0.399 e. The number of hydrogen-bond acceptors (Lipinski definition) is 3. The first-order valence-electron chi connectivity index (χ1n) is 4.60. The Kier molecular flexibility index (Phi) is 2.45. The van der Waals surface area contributed by atoms with Gasteiger partial charge in [0.25, 0.3) is 5.91 Å². The average Bonchev–Trinajstić information content (AvgIpc) is 2.32. The van der Waals surface area contributed by atoms with Crippen LogP contribution in [0.1, 0.15) is 22.3 Å². The van der Waals surface area contributed by atoms with Gasteiger partial charge in [-0.1, -0.05) is 6.07 Å². The summed E-state index contributed by atoms with van der Waals surface area (Å²) in [5, 5.41) is 0. The molecule has 0 saturated heterocycles. The first-order valence-corrected chi connectivity index (χ1v) is 5.11. The Morgan fingerprint density at radius 1 is 1.27 bits per heavy atom. The van der Waals surface area contributed by atoms with Crippen LogP contribution in [-0.4, -0.2) is 16.5 Å². The van der Waals surface area contributed by atoms with Crippen molar-refractivity contribution in [3.8, 4) is 0 Å². The SMILES string of the molecule is Nc1ccc2c(c1)C(=O)N(P)C(=O)CC2. The molecule has 1 aliphatic rings. The van der Waals surface area contributed by atoms with E-state index in [0.29, 0.717) is 24.1 Å². The highest BCUT2D eigenvalue weighted by Crippen LogP contribution is 2.23. The van der Waals surface area contributed by atoms with Gasteiger partial charge in [-0.3, -0.25) is 14.3 Å². The quantitative estimate of drug-likeness (QED) is 0.404. The lowest BCUT2D eigenvalue weighted by molar-refractivity contribution is -0.124. The number of amides is 2. The fourth-order valence-electron chi connectivity index (χ4n) is 1.62. The minimum Gasteiger partial charge on any atom is -0.399 e. The van der Waals surface area contributed by atoms with Gasteiger partial charge < -0.3 is 5.73 Å². The molecule has 1 atom stereocenters. The fourth-order valence-corrected chi connectivity index (χ4v) is 1.88. The number of anilines is 1. The summed E-state index contributed by atoms with van der Waals surface area (Å²) in [5.74, 6) is -0.482. The van der Waals surface area contributed by atoms with Gasteiger partial charge in [-0.15, -0.1) is 0 Å². The van der Waals surface area contributed by atoms with Gasteiger partial charge in [-0.2, -0.15) is 0 Å². The molecular weight excluding hydrogens is 211 g/mol. The van der Waals surface area contributed by atoms with Gasteiger partial charge in [0.15, 0.2) is 0 Å². The molecule has 0 aromatic heterocycles. The van der Waals surface area contributed by atoms with Crippen LogP contribution < -0.4 is 5.73 Å². The molecule has 1 aromatic rings. The summed E-state index contributed by atoms with van der Waals surface area (Å²) in [4.78, 5) is 23.3. The highest BCUT2D eigenvalue weighted by Gasteiger charge is 2.25. The maximum absolute atomic E-state index is 11.8. The third kappa shape index (κ3) is 1.73. The molecule has 4 nitrogen and oxygen atoms in total. The van der Waals surface area contributed by atoms with Crippen LogP contribution in [0.3, 0.4) is 0 Å². The van der Waals surface area contributed by atoms with Crippen LogP contribution in [0.5, 0.6) is 0 Å². The predicted octanol–water partition coefficient (Wildman–Crippen LogP) is 0.974. The molecule has 2 amide bonds. The summed E-state index contributed by atoms with van der Waals surface area (Å²) >= 11 is 0. The zero-order valence-electron chi connectivity index (χ0n) is 8.06. The van der Waals surface area contributed by atoms with Crippen molar-refractivity contribution < 1.29 is 9.59 Å². The normalized spacial score (nSPS) is 16.2. The molecule has 15 heavy (non-hydrogen) atoms. The Balaban J connectivity index is 2.53. The van der Waals surface area contributed by atoms with E-state index in [-0.39, 0.29) is 11.8 Å². The van der Waals surface area contributed by atoms with Gasteiger partial charge in [-0.05, 0) is 33.5 Å². The van der Waals surface area contributed by atoms with Gasteiger partial charge in [0, 0.05) is 17.7 Å². The van der Waals surface area contributed by atoms with E-state index in [1.165, 1.54) is 0 Å². The number of nitrogen functional groups attached to an aromatic ring is 1. The Bertz CT molecular complexity index is 445. The second-order valence-corrected chi connectivity index (χ2v) is 4.00. The van der Waals surface area contributed by atoms with Crippen LogP contribution in [0.25, 0.3) is 0 Å². The Hall–Kier alpha value is -1.41. The van der Waals surface area contributed by atoms with Crippen LogP contribution in [0.2, 0.25) is 0 Å². The molecule has 5 heteroatoms. The van der Waals surface area contributed by atoms with Gasteiger partial charge in [0.1, 0.15) is 0 Å². The van der Waals surface area contributed by atoms with Gasteiger partial charge in [0.05, 0.1) is 0 Å².